The van der Waals surface area contributed by atoms with E-state index in [2.05, 4.69) is 15.0 Å². The highest BCUT2D eigenvalue weighted by Gasteiger charge is 2.16. The fraction of sp³-hybridized carbons (Fsp3) is 0.364. The zero-order valence-corrected chi connectivity index (χ0v) is 12.3. The zero-order chi connectivity index (χ0) is 13.9. The molecule has 19 heavy (non-hydrogen) atoms. The first-order valence-electron chi connectivity index (χ1n) is 5.64. The third-order valence-corrected chi connectivity index (χ3v) is 4.84. The molecule has 0 aliphatic rings. The van der Waals surface area contributed by atoms with Crippen molar-refractivity contribution in [2.24, 2.45) is 0 Å². The van der Waals surface area contributed by atoms with Gasteiger partial charge in [-0.05, 0) is 20.0 Å². The third kappa shape index (κ3) is 3.63. The number of hydrogen-bond acceptors (Lipinski definition) is 6. The highest BCUT2D eigenvalue weighted by molar-refractivity contribution is 7.89. The van der Waals surface area contributed by atoms with Gasteiger partial charge >= 0.3 is 0 Å². The molecule has 0 atom stereocenters. The van der Waals surface area contributed by atoms with Crippen LogP contribution in [0.3, 0.4) is 0 Å². The van der Waals surface area contributed by atoms with Crippen molar-refractivity contribution < 1.29 is 12.8 Å². The normalized spacial score (nSPS) is 11.9. The van der Waals surface area contributed by atoms with Crippen LogP contribution in [0, 0.1) is 6.92 Å². The van der Waals surface area contributed by atoms with Gasteiger partial charge in [-0.25, -0.2) is 18.1 Å². The molecule has 0 fully saturated rings. The fourth-order valence-electron chi connectivity index (χ4n) is 1.49. The van der Waals surface area contributed by atoms with Crippen LogP contribution in [-0.4, -0.2) is 20.4 Å². The van der Waals surface area contributed by atoms with E-state index in [-0.39, 0.29) is 11.4 Å². The molecule has 2 N–H and O–H groups in total. The molecule has 0 spiro atoms. The van der Waals surface area contributed by atoms with Gasteiger partial charge in [-0.3, -0.25) is 0 Å². The Morgan fingerprint density at radius 3 is 2.84 bits per heavy atom. The van der Waals surface area contributed by atoms with Gasteiger partial charge in [0, 0.05) is 16.8 Å². The SMILES string of the molecule is CNCc1cc(S(=O)(=O)NCc2ncc(C)o2)cs1. The Morgan fingerprint density at radius 2 is 2.21 bits per heavy atom. The van der Waals surface area contributed by atoms with E-state index in [4.69, 9.17) is 4.42 Å². The number of aromatic nitrogens is 1. The van der Waals surface area contributed by atoms with Crippen LogP contribution in [0.1, 0.15) is 16.5 Å². The first kappa shape index (κ1) is 14.2. The summed E-state index contributed by atoms with van der Waals surface area (Å²) in [6, 6.07) is 1.66. The Balaban J connectivity index is 2.04. The van der Waals surface area contributed by atoms with Crippen molar-refractivity contribution in [3.8, 4) is 0 Å². The highest BCUT2D eigenvalue weighted by Crippen LogP contribution is 2.19. The maximum Gasteiger partial charge on any atom is 0.241 e. The maximum atomic E-state index is 12.0. The van der Waals surface area contributed by atoms with E-state index in [0.29, 0.717) is 18.2 Å². The van der Waals surface area contributed by atoms with Crippen molar-refractivity contribution in [3.05, 3.63) is 34.2 Å². The summed E-state index contributed by atoms with van der Waals surface area (Å²) in [6.07, 6.45) is 1.55. The quantitative estimate of drug-likeness (QED) is 0.838. The molecular formula is C11H15N3O3S2. The molecule has 2 aromatic rings. The van der Waals surface area contributed by atoms with E-state index in [1.54, 1.807) is 24.6 Å². The van der Waals surface area contributed by atoms with Crippen molar-refractivity contribution in [2.45, 2.75) is 24.9 Å². The minimum Gasteiger partial charge on any atom is -0.445 e. The van der Waals surface area contributed by atoms with E-state index >= 15 is 0 Å². The summed E-state index contributed by atoms with van der Waals surface area (Å²) in [4.78, 5) is 5.18. The van der Waals surface area contributed by atoms with Gasteiger partial charge in [0.05, 0.1) is 17.6 Å². The van der Waals surface area contributed by atoms with Crippen LogP contribution >= 0.6 is 11.3 Å². The van der Waals surface area contributed by atoms with Gasteiger partial charge in [-0.1, -0.05) is 0 Å². The van der Waals surface area contributed by atoms with Crippen LogP contribution in [0.2, 0.25) is 0 Å². The summed E-state index contributed by atoms with van der Waals surface area (Å²) < 4.78 is 31.7. The minimum atomic E-state index is -3.51. The molecule has 2 heterocycles. The van der Waals surface area contributed by atoms with Crippen molar-refractivity contribution in [2.75, 3.05) is 7.05 Å². The summed E-state index contributed by atoms with van der Waals surface area (Å²) in [5.41, 5.74) is 0. The predicted molar refractivity (Wildman–Crippen MR) is 72.3 cm³/mol. The number of sulfonamides is 1. The van der Waals surface area contributed by atoms with Crippen LogP contribution in [0.15, 0.2) is 27.0 Å². The number of hydrogen-bond donors (Lipinski definition) is 2. The lowest BCUT2D eigenvalue weighted by molar-refractivity contribution is 0.463. The predicted octanol–water partition coefficient (Wildman–Crippen LogP) is 1.24. The second kappa shape index (κ2) is 5.83. The third-order valence-electron chi connectivity index (χ3n) is 2.37. The van der Waals surface area contributed by atoms with E-state index in [1.165, 1.54) is 11.3 Å². The molecular weight excluding hydrogens is 286 g/mol. The van der Waals surface area contributed by atoms with Crippen molar-refractivity contribution in [1.82, 2.24) is 15.0 Å². The minimum absolute atomic E-state index is 0.0490. The number of aryl methyl sites for hydroxylation is 1. The monoisotopic (exact) mass is 301 g/mol. The summed E-state index contributed by atoms with van der Waals surface area (Å²) in [5.74, 6) is 1.01. The van der Waals surface area contributed by atoms with E-state index in [0.717, 1.165) is 4.88 Å². The van der Waals surface area contributed by atoms with E-state index in [9.17, 15) is 8.42 Å². The smallest absolute Gasteiger partial charge is 0.241 e. The highest BCUT2D eigenvalue weighted by atomic mass is 32.2. The summed E-state index contributed by atoms with van der Waals surface area (Å²) in [6.45, 7) is 2.46. The lowest BCUT2D eigenvalue weighted by Gasteiger charge is -2.02. The Hall–Kier alpha value is -1.22. The van der Waals surface area contributed by atoms with Gasteiger partial charge in [0.1, 0.15) is 5.76 Å². The lowest BCUT2D eigenvalue weighted by atomic mass is 10.5. The van der Waals surface area contributed by atoms with Gasteiger partial charge < -0.3 is 9.73 Å². The van der Waals surface area contributed by atoms with Gasteiger partial charge in [-0.2, -0.15) is 0 Å². The largest absolute Gasteiger partial charge is 0.445 e. The molecule has 8 heteroatoms. The molecule has 6 nitrogen and oxygen atoms in total. The van der Waals surface area contributed by atoms with Gasteiger partial charge in [0.15, 0.2) is 0 Å². The first-order chi connectivity index (χ1) is 9.01. The summed E-state index contributed by atoms with van der Waals surface area (Å²) >= 11 is 1.41. The van der Waals surface area contributed by atoms with Crippen LogP contribution in [0.25, 0.3) is 0 Å². The number of rotatable bonds is 6. The van der Waals surface area contributed by atoms with Crippen molar-refractivity contribution in [1.29, 1.82) is 0 Å². The average Bonchev–Trinajstić information content (AvgIpc) is 2.97. The maximum absolute atomic E-state index is 12.0. The summed E-state index contributed by atoms with van der Waals surface area (Å²) in [5, 5.41) is 4.60. The van der Waals surface area contributed by atoms with E-state index < -0.39 is 10.0 Å². The fourth-order valence-corrected chi connectivity index (χ4v) is 3.75. The Kier molecular flexibility index (Phi) is 4.35. The second-order valence-corrected chi connectivity index (χ2v) is 6.73. The molecule has 0 amide bonds. The molecule has 0 unspecified atom stereocenters. The van der Waals surface area contributed by atoms with Gasteiger partial charge in [0.25, 0.3) is 0 Å². The molecule has 0 aromatic carbocycles. The lowest BCUT2D eigenvalue weighted by Crippen LogP contribution is -2.22. The number of nitrogens with zero attached hydrogens (tertiary/aromatic N) is 1. The number of oxazole rings is 1. The molecule has 0 saturated heterocycles. The van der Waals surface area contributed by atoms with E-state index in [1.807, 2.05) is 7.05 Å². The van der Waals surface area contributed by atoms with Crippen LogP contribution < -0.4 is 10.0 Å². The standard InChI is InChI=1S/C11H15N3O3S2/c1-8-4-13-11(17-8)6-14-19(15,16)10-3-9(5-12-2)18-7-10/h3-4,7,12,14H,5-6H2,1-2H3. The zero-order valence-electron chi connectivity index (χ0n) is 10.6. The Morgan fingerprint density at radius 1 is 1.42 bits per heavy atom. The Bertz CT molecular complexity index is 646. The Labute approximate surface area is 115 Å². The molecule has 0 radical (unpaired) electrons. The second-order valence-electron chi connectivity index (χ2n) is 3.97. The van der Waals surface area contributed by atoms with Crippen LogP contribution in [0.4, 0.5) is 0 Å². The molecule has 2 aromatic heterocycles. The number of nitrogens with one attached hydrogen (secondary N) is 2. The number of thiophene rings is 1. The molecule has 104 valence electrons. The molecule has 0 aliphatic carbocycles. The van der Waals surface area contributed by atoms with Gasteiger partial charge in [0.2, 0.25) is 15.9 Å². The first-order valence-corrected chi connectivity index (χ1v) is 8.00. The molecule has 0 aliphatic heterocycles. The topological polar surface area (TPSA) is 84.2 Å². The van der Waals surface area contributed by atoms with Crippen molar-refractivity contribution in [3.63, 3.8) is 0 Å². The molecule has 2 rings (SSSR count). The summed E-state index contributed by atoms with van der Waals surface area (Å²) in [7, 11) is -1.70. The molecule has 0 bridgehead atoms. The van der Waals surface area contributed by atoms with Crippen LogP contribution in [-0.2, 0) is 23.1 Å². The van der Waals surface area contributed by atoms with Crippen molar-refractivity contribution >= 4 is 21.4 Å². The molecule has 0 saturated carbocycles. The van der Waals surface area contributed by atoms with Crippen LogP contribution in [0.5, 0.6) is 0 Å². The average molecular weight is 301 g/mol. The van der Waals surface area contributed by atoms with Gasteiger partial charge in [-0.15, -0.1) is 11.3 Å².